The number of hydrogen-bond acceptors (Lipinski definition) is 4. The van der Waals surface area contributed by atoms with Gasteiger partial charge in [0.25, 0.3) is 5.91 Å². The number of amides is 2. The van der Waals surface area contributed by atoms with E-state index >= 15 is 0 Å². The first kappa shape index (κ1) is 28.3. The van der Waals surface area contributed by atoms with Crippen molar-refractivity contribution in [2.75, 3.05) is 6.54 Å². The second kappa shape index (κ2) is 12.4. The second-order valence-electron chi connectivity index (χ2n) is 9.25. The molecular weight excluding hydrogens is 590 g/mol. The van der Waals surface area contributed by atoms with Gasteiger partial charge in [0, 0.05) is 28.1 Å². The zero-order valence-electron chi connectivity index (χ0n) is 20.9. The Bertz CT molecular complexity index is 1400. The van der Waals surface area contributed by atoms with Crippen molar-refractivity contribution in [3.63, 3.8) is 0 Å². The maximum Gasteiger partial charge on any atom is 0.251 e. The molecule has 1 aliphatic rings. The van der Waals surface area contributed by atoms with Crippen LogP contribution in [0, 0.1) is 0 Å². The molecule has 38 heavy (non-hydrogen) atoms. The fraction of sp³-hybridized carbons (Fsp3) is 0.286. The van der Waals surface area contributed by atoms with Crippen molar-refractivity contribution in [2.24, 2.45) is 0 Å². The molecule has 0 unspecified atom stereocenters. The number of rotatable bonds is 8. The van der Waals surface area contributed by atoms with Crippen molar-refractivity contribution in [3.8, 4) is 0 Å². The highest BCUT2D eigenvalue weighted by Gasteiger charge is 2.36. The number of nitrogens with zero attached hydrogens (tertiary/aromatic N) is 1. The number of nitrogens with one attached hydrogen (secondary N) is 2. The van der Waals surface area contributed by atoms with Crippen LogP contribution in [0.1, 0.15) is 53.7 Å². The normalized spacial score (nSPS) is 16.9. The molecule has 200 valence electrons. The van der Waals surface area contributed by atoms with Gasteiger partial charge in [0.05, 0.1) is 10.9 Å². The average molecular weight is 619 g/mol. The van der Waals surface area contributed by atoms with Gasteiger partial charge in [-0.1, -0.05) is 51.8 Å². The molecule has 2 atom stereocenters. The van der Waals surface area contributed by atoms with Crippen LogP contribution in [0.4, 0.5) is 0 Å². The summed E-state index contributed by atoms with van der Waals surface area (Å²) in [6.45, 7) is 2.41. The van der Waals surface area contributed by atoms with Crippen LogP contribution in [0.25, 0.3) is 0 Å². The van der Waals surface area contributed by atoms with E-state index in [-0.39, 0.29) is 29.3 Å². The zero-order chi connectivity index (χ0) is 27.3. The number of carbonyl (C=O) groups excluding carboxylic acids is 2. The number of sulfonamides is 1. The van der Waals surface area contributed by atoms with E-state index in [1.54, 1.807) is 24.3 Å². The van der Waals surface area contributed by atoms with E-state index in [1.165, 1.54) is 28.6 Å². The summed E-state index contributed by atoms with van der Waals surface area (Å²) in [4.78, 5) is 25.8. The summed E-state index contributed by atoms with van der Waals surface area (Å²) in [7, 11) is -4.01. The molecule has 7 nitrogen and oxygen atoms in total. The fourth-order valence-corrected chi connectivity index (χ4v) is 6.53. The fourth-order valence-electron chi connectivity index (χ4n) is 4.38. The standard InChI is InChI=1S/C28H29BrClN3O4S/c1-19(22-5-4-6-23(29)17-22)32-27(34)21-10-8-20(9-11-21)18-33(26-7-2-3-16-31-28(26)35)38(36,37)25-14-12-24(30)13-15-25/h4-6,8-15,17,19,26H,2-3,7,16,18H2,1H3,(H,31,35)(H,32,34)/t19-,26-/m1/s1. The topological polar surface area (TPSA) is 95.6 Å². The van der Waals surface area contributed by atoms with Gasteiger partial charge >= 0.3 is 0 Å². The van der Waals surface area contributed by atoms with Crippen molar-refractivity contribution < 1.29 is 18.0 Å². The van der Waals surface area contributed by atoms with E-state index in [0.29, 0.717) is 29.1 Å². The minimum absolute atomic E-state index is 0.0145. The SMILES string of the molecule is C[C@@H](NC(=O)c1ccc(CN([C@@H]2CCCCNC2=O)S(=O)(=O)c2ccc(Cl)cc2)cc1)c1cccc(Br)c1. The molecule has 10 heteroatoms. The minimum Gasteiger partial charge on any atom is -0.355 e. The second-order valence-corrected chi connectivity index (χ2v) is 12.5. The van der Waals surface area contributed by atoms with Crippen LogP contribution >= 0.6 is 27.5 Å². The minimum atomic E-state index is -4.01. The van der Waals surface area contributed by atoms with Crippen molar-refractivity contribution in [2.45, 2.75) is 49.7 Å². The van der Waals surface area contributed by atoms with Gasteiger partial charge in [-0.15, -0.1) is 0 Å². The largest absolute Gasteiger partial charge is 0.355 e. The van der Waals surface area contributed by atoms with Crippen LogP contribution in [0.5, 0.6) is 0 Å². The summed E-state index contributed by atoms with van der Waals surface area (Å²) in [5.41, 5.74) is 2.08. The summed E-state index contributed by atoms with van der Waals surface area (Å²) >= 11 is 9.42. The Hall–Kier alpha value is -2.72. The smallest absolute Gasteiger partial charge is 0.251 e. The molecule has 0 spiro atoms. The van der Waals surface area contributed by atoms with Crippen LogP contribution in [0.2, 0.25) is 5.02 Å². The van der Waals surface area contributed by atoms with Crippen LogP contribution < -0.4 is 10.6 Å². The summed E-state index contributed by atoms with van der Waals surface area (Å²) in [6, 6.07) is 19.4. The predicted octanol–water partition coefficient (Wildman–Crippen LogP) is 5.45. The lowest BCUT2D eigenvalue weighted by atomic mass is 10.1. The zero-order valence-corrected chi connectivity index (χ0v) is 24.0. The molecule has 0 bridgehead atoms. The van der Waals surface area contributed by atoms with Crippen LogP contribution in [0.15, 0.2) is 82.2 Å². The van der Waals surface area contributed by atoms with Gasteiger partial charge in [-0.25, -0.2) is 8.42 Å². The van der Waals surface area contributed by atoms with Gasteiger partial charge in [-0.3, -0.25) is 9.59 Å². The quantitative estimate of drug-likeness (QED) is 0.351. The van der Waals surface area contributed by atoms with E-state index in [0.717, 1.165) is 22.9 Å². The molecule has 1 heterocycles. The summed E-state index contributed by atoms with van der Waals surface area (Å²) in [5.74, 6) is -0.546. The molecule has 1 saturated heterocycles. The Kier molecular flexibility index (Phi) is 9.25. The van der Waals surface area contributed by atoms with Gasteiger partial charge in [-0.2, -0.15) is 4.31 Å². The Morgan fingerprint density at radius 1 is 1.11 bits per heavy atom. The number of carbonyl (C=O) groups is 2. The van der Waals surface area contributed by atoms with E-state index in [4.69, 9.17) is 11.6 Å². The lowest BCUT2D eigenvalue weighted by molar-refractivity contribution is -0.124. The maximum absolute atomic E-state index is 13.7. The predicted molar refractivity (Wildman–Crippen MR) is 151 cm³/mol. The molecule has 2 amide bonds. The first-order valence-electron chi connectivity index (χ1n) is 12.4. The summed E-state index contributed by atoms with van der Waals surface area (Å²) in [6.07, 6.45) is 1.94. The average Bonchev–Trinajstić information content (AvgIpc) is 3.11. The van der Waals surface area contributed by atoms with Crippen LogP contribution in [-0.2, 0) is 21.4 Å². The van der Waals surface area contributed by atoms with Crippen molar-refractivity contribution in [1.82, 2.24) is 14.9 Å². The molecule has 0 radical (unpaired) electrons. The molecule has 1 aliphatic heterocycles. The summed E-state index contributed by atoms with van der Waals surface area (Å²) < 4.78 is 29.6. The van der Waals surface area contributed by atoms with Crippen molar-refractivity contribution >= 4 is 49.4 Å². The molecular formula is C28H29BrClN3O4S. The van der Waals surface area contributed by atoms with Crippen LogP contribution in [0.3, 0.4) is 0 Å². The summed E-state index contributed by atoms with van der Waals surface area (Å²) in [5, 5.41) is 6.24. The lowest BCUT2D eigenvalue weighted by Gasteiger charge is -2.29. The Labute approximate surface area is 236 Å². The van der Waals surface area contributed by atoms with E-state index in [2.05, 4.69) is 26.6 Å². The third kappa shape index (κ3) is 6.83. The highest BCUT2D eigenvalue weighted by Crippen LogP contribution is 2.26. The molecule has 1 fully saturated rings. The molecule has 0 saturated carbocycles. The van der Waals surface area contributed by atoms with Crippen LogP contribution in [-0.4, -0.2) is 37.1 Å². The molecule has 2 N–H and O–H groups in total. The third-order valence-electron chi connectivity index (χ3n) is 6.52. The molecule has 0 aliphatic carbocycles. The highest BCUT2D eigenvalue weighted by molar-refractivity contribution is 9.10. The Balaban J connectivity index is 1.55. The van der Waals surface area contributed by atoms with E-state index in [9.17, 15) is 18.0 Å². The van der Waals surface area contributed by atoms with Gasteiger partial charge in [0.15, 0.2) is 0 Å². The highest BCUT2D eigenvalue weighted by atomic mass is 79.9. The van der Waals surface area contributed by atoms with E-state index in [1.807, 2.05) is 31.2 Å². The van der Waals surface area contributed by atoms with E-state index < -0.39 is 16.1 Å². The molecule has 0 aromatic heterocycles. The molecule has 4 rings (SSSR count). The first-order valence-corrected chi connectivity index (χ1v) is 15.0. The van der Waals surface area contributed by atoms with Gasteiger partial charge < -0.3 is 10.6 Å². The van der Waals surface area contributed by atoms with Gasteiger partial charge in [0.1, 0.15) is 6.04 Å². The number of halogens is 2. The Morgan fingerprint density at radius 3 is 2.50 bits per heavy atom. The lowest BCUT2D eigenvalue weighted by Crippen LogP contribution is -2.48. The third-order valence-corrected chi connectivity index (χ3v) is 9.14. The molecule has 3 aromatic rings. The molecule has 3 aromatic carbocycles. The Morgan fingerprint density at radius 2 is 1.82 bits per heavy atom. The van der Waals surface area contributed by atoms with Gasteiger partial charge in [-0.05, 0) is 85.8 Å². The monoisotopic (exact) mass is 617 g/mol. The van der Waals surface area contributed by atoms with Crippen molar-refractivity contribution in [1.29, 1.82) is 0 Å². The maximum atomic E-state index is 13.7. The van der Waals surface area contributed by atoms with Crippen molar-refractivity contribution in [3.05, 3.63) is 99.0 Å². The first-order chi connectivity index (χ1) is 18.1. The number of benzene rings is 3. The number of hydrogen-bond donors (Lipinski definition) is 2. The van der Waals surface area contributed by atoms with Gasteiger partial charge in [0.2, 0.25) is 15.9 Å².